The van der Waals surface area contributed by atoms with Crippen molar-refractivity contribution in [2.75, 3.05) is 13.2 Å². The van der Waals surface area contributed by atoms with Crippen LogP contribution in [0.25, 0.3) is 0 Å². The number of rotatable bonds is 4. The number of likely N-dealkylation sites (tertiary alicyclic amines) is 1. The van der Waals surface area contributed by atoms with Crippen molar-refractivity contribution >= 4 is 27.8 Å². The van der Waals surface area contributed by atoms with Crippen LogP contribution in [0.2, 0.25) is 0 Å². The van der Waals surface area contributed by atoms with E-state index < -0.39 is 11.9 Å². The van der Waals surface area contributed by atoms with Crippen LogP contribution in [-0.4, -0.2) is 41.1 Å². The minimum atomic E-state index is -0.839. The predicted molar refractivity (Wildman–Crippen MR) is 81.2 cm³/mol. The summed E-state index contributed by atoms with van der Waals surface area (Å²) < 4.78 is 6.40. The zero-order valence-electron chi connectivity index (χ0n) is 11.8. The smallest absolute Gasteiger partial charge is 0.308 e. The Hall–Kier alpha value is -1.56. The molecule has 114 valence electrons. The van der Waals surface area contributed by atoms with Crippen molar-refractivity contribution in [2.45, 2.75) is 25.8 Å². The van der Waals surface area contributed by atoms with Crippen molar-refractivity contribution in [2.24, 2.45) is 5.92 Å². The van der Waals surface area contributed by atoms with Crippen molar-refractivity contribution in [3.05, 3.63) is 28.7 Å². The van der Waals surface area contributed by atoms with Crippen LogP contribution in [0.3, 0.4) is 0 Å². The molecule has 2 unspecified atom stereocenters. The maximum absolute atomic E-state index is 12.2. The molecular weight excluding hydrogens is 338 g/mol. The van der Waals surface area contributed by atoms with E-state index in [0.717, 1.165) is 4.47 Å². The summed E-state index contributed by atoms with van der Waals surface area (Å²) in [6.45, 7) is 2.13. The number of carboxylic acid groups (broad SMARTS) is 1. The van der Waals surface area contributed by atoms with Gasteiger partial charge in [0.25, 0.3) is 5.91 Å². The summed E-state index contributed by atoms with van der Waals surface area (Å²) in [5.41, 5.74) is 0. The summed E-state index contributed by atoms with van der Waals surface area (Å²) in [7, 11) is 0. The van der Waals surface area contributed by atoms with Gasteiger partial charge in [0.05, 0.1) is 5.92 Å². The first kappa shape index (κ1) is 15.8. The molecule has 1 aromatic carbocycles. The van der Waals surface area contributed by atoms with Gasteiger partial charge in [-0.2, -0.15) is 0 Å². The van der Waals surface area contributed by atoms with Gasteiger partial charge in [-0.25, -0.2) is 0 Å². The van der Waals surface area contributed by atoms with Gasteiger partial charge in [0.15, 0.2) is 6.61 Å². The van der Waals surface area contributed by atoms with Crippen molar-refractivity contribution in [1.29, 1.82) is 0 Å². The van der Waals surface area contributed by atoms with Gasteiger partial charge in [-0.3, -0.25) is 9.59 Å². The number of benzene rings is 1. The van der Waals surface area contributed by atoms with E-state index in [1.165, 1.54) is 0 Å². The van der Waals surface area contributed by atoms with Crippen LogP contribution in [-0.2, 0) is 9.59 Å². The Balaban J connectivity index is 1.92. The highest BCUT2D eigenvalue weighted by Gasteiger charge is 2.32. The molecule has 1 saturated heterocycles. The number of ether oxygens (including phenoxy) is 1. The predicted octanol–water partition coefficient (Wildman–Crippen LogP) is 2.54. The van der Waals surface area contributed by atoms with E-state index in [0.29, 0.717) is 18.6 Å². The van der Waals surface area contributed by atoms with Crippen LogP contribution in [0.4, 0.5) is 0 Å². The lowest BCUT2D eigenvalue weighted by Gasteiger charge is -2.36. The molecule has 1 amide bonds. The quantitative estimate of drug-likeness (QED) is 0.900. The molecule has 1 aromatic rings. The van der Waals surface area contributed by atoms with Crippen molar-refractivity contribution in [1.82, 2.24) is 4.90 Å². The number of amides is 1. The third-order valence-electron chi connectivity index (χ3n) is 3.73. The summed E-state index contributed by atoms with van der Waals surface area (Å²) in [6.07, 6.45) is 1.33. The largest absolute Gasteiger partial charge is 0.484 e. The van der Waals surface area contributed by atoms with Crippen LogP contribution >= 0.6 is 15.9 Å². The number of nitrogens with zero attached hydrogens (tertiary/aromatic N) is 1. The van der Waals surface area contributed by atoms with Gasteiger partial charge in [-0.1, -0.05) is 15.9 Å². The summed E-state index contributed by atoms with van der Waals surface area (Å²) in [4.78, 5) is 24.9. The molecule has 0 aliphatic carbocycles. The molecule has 0 aromatic heterocycles. The number of piperidine rings is 1. The lowest BCUT2D eigenvalue weighted by atomic mass is 9.93. The molecule has 0 saturated carbocycles. The number of carboxylic acids is 1. The van der Waals surface area contributed by atoms with E-state index in [1.807, 2.05) is 19.1 Å². The van der Waals surface area contributed by atoms with Crippen LogP contribution < -0.4 is 4.74 Å². The maximum atomic E-state index is 12.2. The van der Waals surface area contributed by atoms with Crippen LogP contribution in [0.15, 0.2) is 28.7 Å². The monoisotopic (exact) mass is 355 g/mol. The van der Waals surface area contributed by atoms with E-state index in [4.69, 9.17) is 9.84 Å². The average Bonchev–Trinajstić information content (AvgIpc) is 2.46. The molecule has 6 heteroatoms. The first-order valence-corrected chi connectivity index (χ1v) is 7.67. The zero-order chi connectivity index (χ0) is 15.4. The molecular formula is C15H18BrNO4. The third kappa shape index (κ3) is 4.20. The number of hydrogen-bond donors (Lipinski definition) is 1. The van der Waals surface area contributed by atoms with Crippen molar-refractivity contribution in [3.63, 3.8) is 0 Å². The Morgan fingerprint density at radius 2 is 2.00 bits per heavy atom. The second kappa shape index (κ2) is 6.93. The Morgan fingerprint density at radius 1 is 1.33 bits per heavy atom. The highest BCUT2D eigenvalue weighted by atomic mass is 79.9. The van der Waals surface area contributed by atoms with Crippen LogP contribution in [0.1, 0.15) is 19.8 Å². The standard InChI is InChI=1S/C15H18BrNO4/c1-10-2-3-11(15(19)20)8-17(10)14(18)9-21-13-6-4-12(16)5-7-13/h4-7,10-11H,2-3,8-9H2,1H3,(H,19,20). The third-order valence-corrected chi connectivity index (χ3v) is 4.26. The van der Waals surface area contributed by atoms with Gasteiger partial charge in [-0.05, 0) is 44.0 Å². The van der Waals surface area contributed by atoms with Gasteiger partial charge in [0, 0.05) is 17.1 Å². The molecule has 21 heavy (non-hydrogen) atoms. The Bertz CT molecular complexity index is 517. The Labute approximate surface area is 132 Å². The second-order valence-electron chi connectivity index (χ2n) is 5.25. The minimum absolute atomic E-state index is 0.0571. The van der Waals surface area contributed by atoms with Gasteiger partial charge < -0.3 is 14.7 Å². The average molecular weight is 356 g/mol. The van der Waals surface area contributed by atoms with E-state index in [2.05, 4.69) is 15.9 Å². The van der Waals surface area contributed by atoms with E-state index >= 15 is 0 Å². The fourth-order valence-electron chi connectivity index (χ4n) is 2.41. The number of carbonyl (C=O) groups excluding carboxylic acids is 1. The molecule has 2 rings (SSSR count). The fourth-order valence-corrected chi connectivity index (χ4v) is 2.68. The molecule has 0 bridgehead atoms. The molecule has 1 aliphatic heterocycles. The zero-order valence-corrected chi connectivity index (χ0v) is 13.4. The summed E-state index contributed by atoms with van der Waals surface area (Å²) in [6, 6.07) is 7.28. The highest BCUT2D eigenvalue weighted by Crippen LogP contribution is 2.22. The van der Waals surface area contributed by atoms with Crippen LogP contribution in [0.5, 0.6) is 5.75 Å². The lowest BCUT2D eigenvalue weighted by molar-refractivity contribution is -0.147. The molecule has 0 spiro atoms. The Morgan fingerprint density at radius 3 is 2.62 bits per heavy atom. The molecule has 1 aliphatic rings. The summed E-state index contributed by atoms with van der Waals surface area (Å²) in [5.74, 6) is -0.867. The van der Waals surface area contributed by atoms with E-state index in [1.54, 1.807) is 17.0 Å². The lowest BCUT2D eigenvalue weighted by Crippen LogP contribution is -2.49. The minimum Gasteiger partial charge on any atom is -0.484 e. The normalized spacial score (nSPS) is 21.9. The first-order chi connectivity index (χ1) is 9.97. The van der Waals surface area contributed by atoms with Gasteiger partial charge in [0.2, 0.25) is 0 Å². The molecule has 1 fully saturated rings. The highest BCUT2D eigenvalue weighted by molar-refractivity contribution is 9.10. The molecule has 1 heterocycles. The van der Waals surface area contributed by atoms with Gasteiger partial charge in [-0.15, -0.1) is 0 Å². The maximum Gasteiger partial charge on any atom is 0.308 e. The van der Waals surface area contributed by atoms with Crippen molar-refractivity contribution < 1.29 is 19.4 Å². The first-order valence-electron chi connectivity index (χ1n) is 6.88. The summed E-state index contributed by atoms with van der Waals surface area (Å²) in [5, 5.41) is 9.08. The van der Waals surface area contributed by atoms with Gasteiger partial charge >= 0.3 is 5.97 Å². The number of halogens is 1. The van der Waals surface area contributed by atoms with E-state index in [-0.39, 0.29) is 25.1 Å². The molecule has 2 atom stereocenters. The second-order valence-corrected chi connectivity index (χ2v) is 6.17. The number of aliphatic carboxylic acids is 1. The molecule has 1 N–H and O–H groups in total. The summed E-state index contributed by atoms with van der Waals surface area (Å²) >= 11 is 3.33. The van der Waals surface area contributed by atoms with Crippen molar-refractivity contribution in [3.8, 4) is 5.75 Å². The SMILES string of the molecule is CC1CCC(C(=O)O)CN1C(=O)COc1ccc(Br)cc1. The number of hydrogen-bond acceptors (Lipinski definition) is 3. The topological polar surface area (TPSA) is 66.8 Å². The number of carbonyl (C=O) groups is 2. The fraction of sp³-hybridized carbons (Fsp3) is 0.467. The van der Waals surface area contributed by atoms with Gasteiger partial charge in [0.1, 0.15) is 5.75 Å². The van der Waals surface area contributed by atoms with E-state index in [9.17, 15) is 9.59 Å². The molecule has 5 nitrogen and oxygen atoms in total. The molecule has 0 radical (unpaired) electrons. The Kier molecular flexibility index (Phi) is 5.22. The van der Waals surface area contributed by atoms with Crippen LogP contribution in [0, 0.1) is 5.92 Å².